The largest absolute Gasteiger partial charge is 0.456 e. The predicted octanol–water partition coefficient (Wildman–Crippen LogP) is 12.2. The van der Waals surface area contributed by atoms with Crippen LogP contribution in [0.4, 0.5) is 0 Å². The van der Waals surface area contributed by atoms with E-state index in [0.717, 1.165) is 0 Å². The summed E-state index contributed by atoms with van der Waals surface area (Å²) < 4.78 is 242. The third-order valence-corrected chi connectivity index (χ3v) is 8.00. The first-order valence-corrected chi connectivity index (χ1v) is 13.6. The molecule has 8 aromatic rings. The summed E-state index contributed by atoms with van der Waals surface area (Å²) in [7, 11) is 0. The van der Waals surface area contributed by atoms with E-state index in [2.05, 4.69) is 0 Å². The van der Waals surface area contributed by atoms with E-state index in [1.165, 1.54) is 0 Å². The van der Waals surface area contributed by atoms with Gasteiger partial charge in [-0.2, -0.15) is 0 Å². The van der Waals surface area contributed by atoms with Gasteiger partial charge in [-0.3, -0.25) is 0 Å². The average Bonchev–Trinajstić information content (AvgIpc) is 3.75. The van der Waals surface area contributed by atoms with Crippen molar-refractivity contribution in [2.75, 3.05) is 0 Å². The highest BCUT2D eigenvalue weighted by Crippen LogP contribution is 2.50. The van der Waals surface area contributed by atoms with Crippen LogP contribution in [0.15, 0.2) is 156 Å². The van der Waals surface area contributed by atoms with Crippen LogP contribution in [0.5, 0.6) is 0 Å². The van der Waals surface area contributed by atoms with Crippen molar-refractivity contribution in [3.05, 3.63) is 162 Å². The Labute approximate surface area is 297 Å². The van der Waals surface area contributed by atoms with Gasteiger partial charge in [-0.1, -0.05) is 139 Å². The molecule has 0 spiro atoms. The summed E-state index contributed by atoms with van der Waals surface area (Å²) in [5.74, 6) is -3.46. The zero-order chi connectivity index (χ0) is 52.1. The third kappa shape index (κ3) is 3.56. The first-order valence-electron chi connectivity index (χ1n) is 26.6. The van der Waals surface area contributed by atoms with Gasteiger partial charge in [-0.25, -0.2) is 0 Å². The fourth-order valence-electron chi connectivity index (χ4n) is 6.15. The number of hydrogen-bond acceptors (Lipinski definition) is 1. The second-order valence-electron chi connectivity index (χ2n) is 10.3. The molecule has 210 valence electrons. The minimum absolute atomic E-state index is 0.470. The van der Waals surface area contributed by atoms with Gasteiger partial charge in [-0.15, -0.1) is 0 Å². The van der Waals surface area contributed by atoms with Crippen LogP contribution in [-0.2, 0) is 0 Å². The number of rotatable bonds is 2. The van der Waals surface area contributed by atoms with Gasteiger partial charge in [-0.05, 0) is 83.8 Å². The quantitative estimate of drug-likeness (QED) is 0.180. The van der Waals surface area contributed by atoms with Crippen molar-refractivity contribution in [3.63, 3.8) is 0 Å². The van der Waals surface area contributed by atoms with Crippen LogP contribution in [0.25, 0.3) is 82.6 Å². The van der Waals surface area contributed by atoms with Gasteiger partial charge in [0.05, 0.1) is 35.6 Å². The Bertz CT molecular complexity index is 3990. The van der Waals surface area contributed by atoms with Crippen LogP contribution in [0.3, 0.4) is 0 Å². The number of hydrogen-bond donors (Lipinski definition) is 0. The fourth-order valence-corrected chi connectivity index (χ4v) is 6.15. The molecule has 1 heteroatoms. The second-order valence-corrected chi connectivity index (χ2v) is 10.3. The van der Waals surface area contributed by atoms with Gasteiger partial charge in [0.1, 0.15) is 11.2 Å². The predicted molar refractivity (Wildman–Crippen MR) is 191 cm³/mol. The van der Waals surface area contributed by atoms with E-state index < -0.39 is 257 Å². The highest BCUT2D eigenvalue weighted by Gasteiger charge is 2.28. The van der Waals surface area contributed by atoms with Crippen LogP contribution in [0.2, 0.25) is 0 Å². The molecule has 0 fully saturated rings. The SMILES string of the molecule is [2H]C1=C([2H])C2C([2H])=C([2H])c3c([2H])c([2H])c([2H])c(-c4c5c([2H])c([2H])c([2H])c([2H])c5c(-c5c([2H])c([2H])c([2H])c6oc7c([2H])c8c([2H])c([2H])c([2H])c([2H])c8c([2H])c7c56)c5c([2H])c([2H])c([2H])c([2H])c45)c3C2C([2H])=C1[2H]. The summed E-state index contributed by atoms with van der Waals surface area (Å²) in [6.45, 7) is 0. The molecular weight excluding hydrogens is 544 g/mol. The van der Waals surface area contributed by atoms with E-state index in [4.69, 9.17) is 27.7 Å². The highest BCUT2D eigenvalue weighted by atomic mass is 16.3. The van der Waals surface area contributed by atoms with Crippen LogP contribution in [-0.4, -0.2) is 0 Å². The lowest BCUT2D eigenvalue weighted by atomic mass is 9.73. The number of benzene rings is 7. The van der Waals surface area contributed by atoms with Crippen LogP contribution >= 0.6 is 0 Å². The van der Waals surface area contributed by atoms with Gasteiger partial charge < -0.3 is 4.42 Å². The van der Waals surface area contributed by atoms with Gasteiger partial charge in [0, 0.05) is 22.6 Å². The molecule has 0 amide bonds. The maximum Gasteiger partial charge on any atom is 0.136 e. The molecule has 0 bridgehead atoms. The summed E-state index contributed by atoms with van der Waals surface area (Å²) >= 11 is 0. The van der Waals surface area contributed by atoms with Gasteiger partial charge >= 0.3 is 0 Å². The number of fused-ring (bicyclic) bond motifs is 9. The topological polar surface area (TPSA) is 13.1 Å². The smallest absolute Gasteiger partial charge is 0.136 e. The monoisotopic (exact) mass is 598 g/mol. The van der Waals surface area contributed by atoms with E-state index in [1.54, 1.807) is 0 Å². The van der Waals surface area contributed by atoms with Crippen molar-refractivity contribution in [2.24, 2.45) is 5.92 Å². The zero-order valence-electron chi connectivity index (χ0n) is 48.6. The van der Waals surface area contributed by atoms with E-state index in [-0.39, 0.29) is 0 Å². The van der Waals surface area contributed by atoms with E-state index in [9.17, 15) is 12.3 Å². The van der Waals surface area contributed by atoms with Crippen LogP contribution < -0.4 is 0 Å². The summed E-state index contributed by atoms with van der Waals surface area (Å²) in [6, 6.07) is -22.3. The van der Waals surface area contributed by atoms with Crippen molar-refractivity contribution in [1.29, 1.82) is 0 Å². The van der Waals surface area contributed by atoms with Crippen molar-refractivity contribution < 1.29 is 40.1 Å². The Kier molecular flexibility index (Phi) is 2.19. The maximum atomic E-state index is 9.59. The molecule has 1 heterocycles. The van der Waals surface area contributed by atoms with Gasteiger partial charge in [0.25, 0.3) is 0 Å². The molecule has 0 saturated heterocycles. The molecule has 2 unspecified atom stereocenters. The van der Waals surface area contributed by atoms with Crippen molar-refractivity contribution in [2.45, 2.75) is 5.92 Å². The minimum atomic E-state index is -1.77. The van der Waals surface area contributed by atoms with Gasteiger partial charge in [0.15, 0.2) is 0 Å². The minimum Gasteiger partial charge on any atom is -0.456 e. The molecule has 0 aliphatic heterocycles. The van der Waals surface area contributed by atoms with Crippen LogP contribution in [0, 0.1) is 5.92 Å². The van der Waals surface area contributed by atoms with E-state index >= 15 is 0 Å². The Balaban J connectivity index is 1.56. The average molecular weight is 599 g/mol. The zero-order valence-corrected chi connectivity index (χ0v) is 22.6. The third-order valence-electron chi connectivity index (χ3n) is 8.00. The molecular formula is C44H28O. The summed E-state index contributed by atoms with van der Waals surface area (Å²) in [6.07, 6.45) is 0. The molecule has 7 aromatic carbocycles. The molecule has 45 heavy (non-hydrogen) atoms. The molecule has 10 rings (SSSR count). The molecule has 0 radical (unpaired) electrons. The summed E-state index contributed by atoms with van der Waals surface area (Å²) in [4.78, 5) is 0. The van der Waals surface area contributed by atoms with Crippen molar-refractivity contribution in [3.8, 4) is 22.3 Å². The first kappa shape index (κ1) is 10.5. The van der Waals surface area contributed by atoms with E-state index in [1.807, 2.05) is 0 Å². The molecule has 2 aliphatic rings. The van der Waals surface area contributed by atoms with Gasteiger partial charge in [0.2, 0.25) is 0 Å². The molecule has 0 N–H and O–H groups in total. The Hall–Kier alpha value is -5.66. The second kappa shape index (κ2) is 9.42. The number of furan rings is 1. The fraction of sp³-hybridized carbons (Fsp3) is 0.0455. The maximum absolute atomic E-state index is 9.59. The Morgan fingerprint density at radius 2 is 1.13 bits per heavy atom. The molecule has 1 nitrogen and oxygen atoms in total. The van der Waals surface area contributed by atoms with Crippen LogP contribution in [0.1, 0.15) is 52.7 Å². The lowest BCUT2D eigenvalue weighted by molar-refractivity contribution is 0.669. The standard InChI is InChI=1S/C44H28O/c1-2-13-30-26-40-38(25-29(30)12-1)44-37(21-10-22-39(44)45-40)43-34-18-7-5-16-32(34)42(33-17-6-8-19-35(33)43)36-20-9-14-28-24-23-27-11-3-4-15-31(27)41(28)36/h1-27,31H/i1D,2D,3D,4D,5D,6D,7D,8D,9D,10D,11D,12D,13D,14D,15D,16D,17D,18D,19D,20D,21D,22D,23D,24D,25D,26D. The van der Waals surface area contributed by atoms with Crippen molar-refractivity contribution >= 4 is 60.3 Å². The first-order chi connectivity index (χ1) is 33.2. The Morgan fingerprint density at radius 3 is 1.89 bits per heavy atom. The molecule has 2 atom stereocenters. The lowest BCUT2D eigenvalue weighted by Gasteiger charge is -2.30. The molecule has 0 saturated carbocycles. The molecule has 1 aromatic heterocycles. The van der Waals surface area contributed by atoms with E-state index in [0.29, 0.717) is 0 Å². The summed E-state index contributed by atoms with van der Waals surface area (Å²) in [5, 5.41) is -4.78. The molecule has 2 aliphatic carbocycles. The highest BCUT2D eigenvalue weighted by molar-refractivity contribution is 6.26. The summed E-state index contributed by atoms with van der Waals surface area (Å²) in [5.41, 5.74) is -4.93. The number of allylic oxidation sites excluding steroid dienone is 5. The lowest BCUT2D eigenvalue weighted by Crippen LogP contribution is -2.14. The normalized spacial score (nSPS) is 26.5. The van der Waals surface area contributed by atoms with Crippen molar-refractivity contribution in [1.82, 2.24) is 0 Å². The Morgan fingerprint density at radius 1 is 0.511 bits per heavy atom.